The van der Waals surface area contributed by atoms with Gasteiger partial charge < -0.3 is 20.2 Å². The lowest BCUT2D eigenvalue weighted by Gasteiger charge is -2.26. The van der Waals surface area contributed by atoms with E-state index in [1.807, 2.05) is 67.6 Å². The summed E-state index contributed by atoms with van der Waals surface area (Å²) in [6.07, 6.45) is 0. The molecule has 1 aliphatic heterocycles. The second kappa shape index (κ2) is 8.21. The van der Waals surface area contributed by atoms with Crippen LogP contribution in [0.4, 0.5) is 0 Å². The highest BCUT2D eigenvalue weighted by molar-refractivity contribution is 5.87. The van der Waals surface area contributed by atoms with E-state index in [0.717, 1.165) is 16.5 Å². The minimum Gasteiger partial charge on any atom is -0.489 e. The van der Waals surface area contributed by atoms with Crippen molar-refractivity contribution in [3.8, 4) is 17.6 Å². The average molecular weight is 435 g/mol. The van der Waals surface area contributed by atoms with Crippen LogP contribution >= 0.6 is 0 Å². The molecule has 1 unspecified atom stereocenters. The zero-order chi connectivity index (χ0) is 22.9. The first-order chi connectivity index (χ1) is 16.0. The number of fused-ring (bicyclic) bond motifs is 3. The summed E-state index contributed by atoms with van der Waals surface area (Å²) in [5.74, 6) is 0.439. The summed E-state index contributed by atoms with van der Waals surface area (Å²) in [5, 5.41) is 10.5. The number of aromatic amines is 1. The second-order valence-electron chi connectivity index (χ2n) is 8.01. The Hall–Kier alpha value is -4.50. The van der Waals surface area contributed by atoms with Crippen LogP contribution in [-0.2, 0) is 6.61 Å². The number of aryl methyl sites for hydroxylation is 1. The number of ether oxygens (including phenoxy) is 2. The van der Waals surface area contributed by atoms with Gasteiger partial charge in [-0.25, -0.2) is 0 Å². The van der Waals surface area contributed by atoms with Crippen LogP contribution in [0, 0.1) is 18.3 Å². The van der Waals surface area contributed by atoms with E-state index in [9.17, 15) is 10.1 Å². The molecule has 1 aromatic heterocycles. The standard InChI is InChI=1S/C27H21N3O3/c1-16-5-4-6-17(13-16)15-32-19-11-9-18(10-12-19)23-21(14-28)26(29)33-25-20-7-2-3-8-22(20)30-27(31)24(23)25/h2-13,23H,15,29H2,1H3,(H,30,31). The summed E-state index contributed by atoms with van der Waals surface area (Å²) < 4.78 is 11.7. The number of nitrogens with one attached hydrogen (secondary N) is 1. The third-order valence-corrected chi connectivity index (χ3v) is 5.79. The number of aromatic nitrogens is 1. The number of rotatable bonds is 4. The van der Waals surface area contributed by atoms with E-state index >= 15 is 0 Å². The van der Waals surface area contributed by atoms with Crippen LogP contribution in [-0.4, -0.2) is 4.98 Å². The van der Waals surface area contributed by atoms with Crippen molar-refractivity contribution in [2.75, 3.05) is 0 Å². The number of allylic oxidation sites excluding steroid dienone is 1. The van der Waals surface area contributed by atoms with Gasteiger partial charge in [-0.3, -0.25) is 4.79 Å². The van der Waals surface area contributed by atoms with Crippen molar-refractivity contribution in [2.24, 2.45) is 5.73 Å². The van der Waals surface area contributed by atoms with Crippen molar-refractivity contribution in [2.45, 2.75) is 19.4 Å². The third-order valence-electron chi connectivity index (χ3n) is 5.79. The van der Waals surface area contributed by atoms with E-state index in [0.29, 0.717) is 29.2 Å². The number of nitrogens with zero attached hydrogens (tertiary/aromatic N) is 1. The molecule has 0 aliphatic carbocycles. The summed E-state index contributed by atoms with van der Waals surface area (Å²) in [4.78, 5) is 15.9. The Morgan fingerprint density at radius 3 is 2.64 bits per heavy atom. The molecule has 6 heteroatoms. The maximum absolute atomic E-state index is 13.1. The van der Waals surface area contributed by atoms with Crippen molar-refractivity contribution < 1.29 is 9.47 Å². The molecule has 3 aromatic carbocycles. The lowest BCUT2D eigenvalue weighted by Crippen LogP contribution is -2.27. The Balaban J connectivity index is 1.53. The molecule has 33 heavy (non-hydrogen) atoms. The zero-order valence-corrected chi connectivity index (χ0v) is 18.0. The smallest absolute Gasteiger partial charge is 0.256 e. The quantitative estimate of drug-likeness (QED) is 0.487. The van der Waals surface area contributed by atoms with E-state index in [2.05, 4.69) is 17.1 Å². The molecule has 0 spiro atoms. The Labute approximate surface area is 190 Å². The molecule has 2 heterocycles. The molecule has 0 amide bonds. The number of hydrogen-bond donors (Lipinski definition) is 2. The molecule has 1 atom stereocenters. The lowest BCUT2D eigenvalue weighted by atomic mass is 9.83. The Kier molecular flexibility index (Phi) is 5.08. The maximum Gasteiger partial charge on any atom is 0.256 e. The van der Waals surface area contributed by atoms with E-state index in [1.165, 1.54) is 5.56 Å². The minimum absolute atomic E-state index is 0.00512. The van der Waals surface area contributed by atoms with Crippen LogP contribution < -0.4 is 20.8 Å². The van der Waals surface area contributed by atoms with Crippen molar-refractivity contribution in [3.05, 3.63) is 117 Å². The molecule has 0 saturated heterocycles. The van der Waals surface area contributed by atoms with Crippen molar-refractivity contribution >= 4 is 10.9 Å². The van der Waals surface area contributed by atoms with Gasteiger partial charge in [-0.1, -0.05) is 54.1 Å². The van der Waals surface area contributed by atoms with Gasteiger partial charge >= 0.3 is 0 Å². The molecular weight excluding hydrogens is 414 g/mol. The number of benzene rings is 3. The van der Waals surface area contributed by atoms with Crippen LogP contribution in [0.1, 0.15) is 28.2 Å². The van der Waals surface area contributed by atoms with E-state index in [4.69, 9.17) is 15.2 Å². The predicted octanol–water partition coefficient (Wildman–Crippen LogP) is 4.63. The van der Waals surface area contributed by atoms with Gasteiger partial charge in [0.2, 0.25) is 5.88 Å². The largest absolute Gasteiger partial charge is 0.489 e. The van der Waals surface area contributed by atoms with Crippen molar-refractivity contribution in [3.63, 3.8) is 0 Å². The highest BCUT2D eigenvalue weighted by Crippen LogP contribution is 2.43. The van der Waals surface area contributed by atoms with Crippen molar-refractivity contribution in [1.82, 2.24) is 4.98 Å². The Morgan fingerprint density at radius 2 is 1.88 bits per heavy atom. The topological polar surface area (TPSA) is 101 Å². The van der Waals surface area contributed by atoms with Crippen LogP contribution in [0.5, 0.6) is 11.5 Å². The Morgan fingerprint density at radius 1 is 1.09 bits per heavy atom. The van der Waals surface area contributed by atoms with E-state index in [-0.39, 0.29) is 17.0 Å². The molecule has 3 N–H and O–H groups in total. The highest BCUT2D eigenvalue weighted by atomic mass is 16.5. The minimum atomic E-state index is -0.641. The molecule has 162 valence electrons. The number of pyridine rings is 1. The van der Waals surface area contributed by atoms with Crippen LogP contribution in [0.3, 0.4) is 0 Å². The molecule has 1 aliphatic rings. The van der Waals surface area contributed by atoms with Gasteiger partial charge in [-0.2, -0.15) is 5.26 Å². The first-order valence-electron chi connectivity index (χ1n) is 10.6. The molecular formula is C27H21N3O3. The summed E-state index contributed by atoms with van der Waals surface area (Å²) >= 11 is 0. The van der Waals surface area contributed by atoms with E-state index in [1.54, 1.807) is 6.07 Å². The first kappa shape index (κ1) is 20.4. The molecule has 0 bridgehead atoms. The van der Waals surface area contributed by atoms with Crippen LogP contribution in [0.2, 0.25) is 0 Å². The van der Waals surface area contributed by atoms with Gasteiger partial charge in [0, 0.05) is 5.39 Å². The van der Waals surface area contributed by atoms with Gasteiger partial charge in [-0.05, 0) is 42.3 Å². The number of nitriles is 1. The van der Waals surface area contributed by atoms with Crippen LogP contribution in [0.25, 0.3) is 10.9 Å². The maximum atomic E-state index is 13.1. The predicted molar refractivity (Wildman–Crippen MR) is 126 cm³/mol. The Bertz CT molecular complexity index is 1490. The SMILES string of the molecule is Cc1cccc(COc2ccc(C3C(C#N)=C(N)Oc4c3c(=O)[nH]c3ccccc43)cc2)c1. The summed E-state index contributed by atoms with van der Waals surface area (Å²) in [7, 11) is 0. The monoisotopic (exact) mass is 435 g/mol. The fraction of sp³-hybridized carbons (Fsp3) is 0.111. The lowest BCUT2D eigenvalue weighted by molar-refractivity contribution is 0.306. The normalized spacial score (nSPS) is 15.0. The van der Waals surface area contributed by atoms with E-state index < -0.39 is 5.92 Å². The summed E-state index contributed by atoms with van der Waals surface area (Å²) in [6, 6.07) is 25.0. The van der Waals surface area contributed by atoms with Gasteiger partial charge in [0.15, 0.2) is 0 Å². The van der Waals surface area contributed by atoms with Gasteiger partial charge in [0.05, 0.1) is 17.0 Å². The second-order valence-corrected chi connectivity index (χ2v) is 8.01. The summed E-state index contributed by atoms with van der Waals surface area (Å²) in [5.41, 5.74) is 10.0. The fourth-order valence-electron chi connectivity index (χ4n) is 4.23. The fourth-order valence-corrected chi connectivity index (χ4v) is 4.23. The van der Waals surface area contributed by atoms with Gasteiger partial charge in [-0.15, -0.1) is 0 Å². The molecule has 6 nitrogen and oxygen atoms in total. The molecule has 5 rings (SSSR count). The summed E-state index contributed by atoms with van der Waals surface area (Å²) in [6.45, 7) is 2.49. The average Bonchev–Trinajstić information content (AvgIpc) is 2.82. The third kappa shape index (κ3) is 3.70. The number of para-hydroxylation sites is 1. The molecule has 0 fully saturated rings. The van der Waals surface area contributed by atoms with Gasteiger partial charge in [0.1, 0.15) is 29.7 Å². The van der Waals surface area contributed by atoms with Gasteiger partial charge in [0.25, 0.3) is 5.56 Å². The van der Waals surface area contributed by atoms with Crippen LogP contribution in [0.15, 0.2) is 89.0 Å². The molecule has 0 saturated carbocycles. The number of hydrogen-bond acceptors (Lipinski definition) is 5. The van der Waals surface area contributed by atoms with Crippen molar-refractivity contribution in [1.29, 1.82) is 5.26 Å². The molecule has 0 radical (unpaired) electrons. The number of H-pyrrole nitrogens is 1. The zero-order valence-electron chi connectivity index (χ0n) is 18.0. The first-order valence-corrected chi connectivity index (χ1v) is 10.6. The number of nitrogens with two attached hydrogens (primary N) is 1. The molecule has 4 aromatic rings. The highest BCUT2D eigenvalue weighted by Gasteiger charge is 2.34.